The maximum Gasteiger partial charge on any atom is 0.238 e. The van der Waals surface area contributed by atoms with Crippen molar-refractivity contribution < 1.29 is 17.9 Å². The standard InChI is InChI=1S/C21H22N2O4S2/c1-27-16-6-8-17(9-7-16)29(25,26)14-20(24)23-12-10-15(11-13-23)21-22-18-4-2-3-5-19(18)28-21/h2-9,15H,10-14H2,1H3. The van der Waals surface area contributed by atoms with Crippen LogP contribution in [0.25, 0.3) is 10.2 Å². The van der Waals surface area contributed by atoms with Crippen molar-refractivity contribution >= 4 is 37.3 Å². The zero-order valence-corrected chi connectivity index (χ0v) is 17.7. The lowest BCUT2D eigenvalue weighted by atomic mass is 9.97. The van der Waals surface area contributed by atoms with Crippen molar-refractivity contribution in [3.05, 3.63) is 53.5 Å². The van der Waals surface area contributed by atoms with Gasteiger partial charge in [0, 0.05) is 19.0 Å². The minimum atomic E-state index is -3.67. The topological polar surface area (TPSA) is 76.6 Å². The number of rotatable bonds is 5. The number of piperidine rings is 1. The second-order valence-electron chi connectivity index (χ2n) is 7.11. The van der Waals surface area contributed by atoms with E-state index in [1.807, 2.05) is 18.2 Å². The Morgan fingerprint density at radius 1 is 1.14 bits per heavy atom. The Bertz CT molecular complexity index is 1080. The molecule has 1 aliphatic rings. The first-order valence-corrected chi connectivity index (χ1v) is 11.9. The summed E-state index contributed by atoms with van der Waals surface area (Å²) in [6.45, 7) is 1.11. The number of hydrogen-bond acceptors (Lipinski definition) is 6. The summed E-state index contributed by atoms with van der Waals surface area (Å²) in [6.07, 6.45) is 1.60. The molecule has 0 radical (unpaired) electrons. The van der Waals surface area contributed by atoms with Crippen LogP contribution in [0, 0.1) is 0 Å². The van der Waals surface area contributed by atoms with Crippen LogP contribution in [-0.2, 0) is 14.6 Å². The molecule has 4 rings (SSSR count). The Morgan fingerprint density at radius 3 is 2.48 bits per heavy atom. The smallest absolute Gasteiger partial charge is 0.238 e. The molecule has 0 saturated carbocycles. The van der Waals surface area contributed by atoms with Crippen molar-refractivity contribution in [3.8, 4) is 5.75 Å². The zero-order valence-electron chi connectivity index (χ0n) is 16.1. The molecule has 8 heteroatoms. The predicted molar refractivity (Wildman–Crippen MR) is 113 cm³/mol. The number of thiazole rings is 1. The molecule has 152 valence electrons. The fraction of sp³-hybridized carbons (Fsp3) is 0.333. The molecule has 0 unspecified atom stereocenters. The van der Waals surface area contributed by atoms with Crippen molar-refractivity contribution in [1.82, 2.24) is 9.88 Å². The van der Waals surface area contributed by atoms with E-state index in [0.717, 1.165) is 23.4 Å². The molecule has 1 aromatic heterocycles. The van der Waals surface area contributed by atoms with Gasteiger partial charge in [0.25, 0.3) is 0 Å². The van der Waals surface area contributed by atoms with Gasteiger partial charge in [0.2, 0.25) is 5.91 Å². The lowest BCUT2D eigenvalue weighted by Gasteiger charge is -2.31. The van der Waals surface area contributed by atoms with Crippen molar-refractivity contribution in [2.45, 2.75) is 23.7 Å². The summed E-state index contributed by atoms with van der Waals surface area (Å²) in [4.78, 5) is 19.1. The minimum Gasteiger partial charge on any atom is -0.497 e. The minimum absolute atomic E-state index is 0.135. The summed E-state index contributed by atoms with van der Waals surface area (Å²) in [5.74, 6) is 0.0379. The summed E-state index contributed by atoms with van der Waals surface area (Å²) < 4.78 is 31.4. The molecule has 1 amide bonds. The van der Waals surface area contributed by atoms with Crippen LogP contribution < -0.4 is 4.74 Å². The highest BCUT2D eigenvalue weighted by atomic mass is 32.2. The SMILES string of the molecule is COc1ccc(S(=O)(=O)CC(=O)N2CCC(c3nc4ccccc4s3)CC2)cc1. The normalized spacial score (nSPS) is 15.6. The van der Waals surface area contributed by atoms with Gasteiger partial charge in [-0.3, -0.25) is 4.79 Å². The van der Waals surface area contributed by atoms with E-state index in [9.17, 15) is 13.2 Å². The van der Waals surface area contributed by atoms with Crippen LogP contribution in [0.1, 0.15) is 23.8 Å². The van der Waals surface area contributed by atoms with E-state index < -0.39 is 15.6 Å². The fourth-order valence-corrected chi connectivity index (χ4v) is 5.92. The van der Waals surface area contributed by atoms with Gasteiger partial charge in [0.15, 0.2) is 9.84 Å². The van der Waals surface area contributed by atoms with Crippen molar-refractivity contribution in [2.24, 2.45) is 0 Å². The molecule has 29 heavy (non-hydrogen) atoms. The average molecular weight is 431 g/mol. The maximum atomic E-state index is 12.6. The number of benzene rings is 2. The highest BCUT2D eigenvalue weighted by Gasteiger charge is 2.29. The van der Waals surface area contributed by atoms with Gasteiger partial charge in [-0.25, -0.2) is 13.4 Å². The van der Waals surface area contributed by atoms with Gasteiger partial charge >= 0.3 is 0 Å². The molecular formula is C21H22N2O4S2. The van der Waals surface area contributed by atoms with E-state index in [2.05, 4.69) is 6.07 Å². The van der Waals surface area contributed by atoms with Gasteiger partial charge < -0.3 is 9.64 Å². The molecule has 0 bridgehead atoms. The van der Waals surface area contributed by atoms with Crippen molar-refractivity contribution in [2.75, 3.05) is 26.0 Å². The predicted octanol–water partition coefficient (Wildman–Crippen LogP) is 3.48. The van der Waals surface area contributed by atoms with Crippen molar-refractivity contribution in [1.29, 1.82) is 0 Å². The second-order valence-corrected chi connectivity index (χ2v) is 10.2. The Morgan fingerprint density at radius 2 is 1.83 bits per heavy atom. The summed E-state index contributed by atoms with van der Waals surface area (Å²) in [5, 5.41) is 1.10. The van der Waals surface area contributed by atoms with Crippen LogP contribution in [0.3, 0.4) is 0 Å². The molecular weight excluding hydrogens is 408 g/mol. The largest absolute Gasteiger partial charge is 0.497 e. The summed E-state index contributed by atoms with van der Waals surface area (Å²) in [6, 6.07) is 14.2. The fourth-order valence-electron chi connectivity index (χ4n) is 3.56. The lowest BCUT2D eigenvalue weighted by molar-refractivity contribution is -0.129. The van der Waals surface area contributed by atoms with E-state index in [0.29, 0.717) is 24.8 Å². The first kappa shape index (κ1) is 19.8. The molecule has 0 spiro atoms. The van der Waals surface area contributed by atoms with Gasteiger partial charge in [-0.2, -0.15) is 0 Å². The van der Waals surface area contributed by atoms with Crippen LogP contribution in [0.15, 0.2) is 53.4 Å². The van der Waals surface area contributed by atoms with Gasteiger partial charge in [-0.15, -0.1) is 11.3 Å². The third kappa shape index (κ3) is 4.28. The maximum absolute atomic E-state index is 12.6. The van der Waals surface area contributed by atoms with E-state index in [1.54, 1.807) is 28.4 Å². The number of hydrogen-bond donors (Lipinski definition) is 0. The number of ether oxygens (including phenoxy) is 1. The molecule has 0 atom stereocenters. The molecule has 0 N–H and O–H groups in total. The number of fused-ring (bicyclic) bond motifs is 1. The lowest BCUT2D eigenvalue weighted by Crippen LogP contribution is -2.41. The summed E-state index contributed by atoms with van der Waals surface area (Å²) in [7, 11) is -2.16. The summed E-state index contributed by atoms with van der Waals surface area (Å²) in [5.41, 5.74) is 1.01. The van der Waals surface area contributed by atoms with Gasteiger partial charge in [0.05, 0.1) is 27.2 Å². The third-order valence-corrected chi connectivity index (χ3v) is 8.06. The number of methoxy groups -OCH3 is 1. The first-order valence-electron chi connectivity index (χ1n) is 9.46. The van der Waals surface area contributed by atoms with Gasteiger partial charge in [-0.1, -0.05) is 12.1 Å². The number of para-hydroxylation sites is 1. The van der Waals surface area contributed by atoms with Crippen LogP contribution in [0.2, 0.25) is 0 Å². The molecule has 1 fully saturated rings. The van der Waals surface area contributed by atoms with E-state index >= 15 is 0 Å². The number of sulfone groups is 1. The third-order valence-electron chi connectivity index (χ3n) is 5.24. The van der Waals surface area contributed by atoms with E-state index in [-0.39, 0.29) is 10.8 Å². The number of carbonyl (C=O) groups excluding carboxylic acids is 1. The monoisotopic (exact) mass is 430 g/mol. The highest BCUT2D eigenvalue weighted by Crippen LogP contribution is 2.33. The Labute approximate surface area is 174 Å². The van der Waals surface area contributed by atoms with Crippen LogP contribution in [0.5, 0.6) is 5.75 Å². The highest BCUT2D eigenvalue weighted by molar-refractivity contribution is 7.92. The quantitative estimate of drug-likeness (QED) is 0.619. The molecule has 6 nitrogen and oxygen atoms in total. The number of amides is 1. The van der Waals surface area contributed by atoms with Crippen LogP contribution in [0.4, 0.5) is 0 Å². The Kier molecular flexibility index (Phi) is 5.56. The molecule has 1 aliphatic heterocycles. The first-order chi connectivity index (χ1) is 14.0. The second kappa shape index (κ2) is 8.12. The van der Waals surface area contributed by atoms with E-state index in [1.165, 1.54) is 23.9 Å². The summed E-state index contributed by atoms with van der Waals surface area (Å²) >= 11 is 1.70. The molecule has 3 aromatic rings. The molecule has 2 heterocycles. The van der Waals surface area contributed by atoms with E-state index in [4.69, 9.17) is 9.72 Å². The number of aromatic nitrogens is 1. The van der Waals surface area contributed by atoms with Crippen molar-refractivity contribution in [3.63, 3.8) is 0 Å². The van der Waals surface area contributed by atoms with Crippen LogP contribution >= 0.6 is 11.3 Å². The Balaban J connectivity index is 1.38. The van der Waals surface area contributed by atoms with Gasteiger partial charge in [0.1, 0.15) is 11.5 Å². The number of carbonyl (C=O) groups is 1. The van der Waals surface area contributed by atoms with Gasteiger partial charge in [-0.05, 0) is 49.2 Å². The molecule has 1 saturated heterocycles. The number of likely N-dealkylation sites (tertiary alicyclic amines) is 1. The average Bonchev–Trinajstić information content (AvgIpc) is 3.18. The molecule has 0 aliphatic carbocycles. The van der Waals surface area contributed by atoms with Crippen LogP contribution in [-0.4, -0.2) is 50.2 Å². The number of nitrogens with zero attached hydrogens (tertiary/aromatic N) is 2. The molecule has 2 aromatic carbocycles. The Hall–Kier alpha value is -2.45. The zero-order chi connectivity index (χ0) is 20.4.